The van der Waals surface area contributed by atoms with Crippen molar-refractivity contribution in [1.29, 1.82) is 0 Å². The summed E-state index contributed by atoms with van der Waals surface area (Å²) >= 11 is 0. The van der Waals surface area contributed by atoms with Crippen LogP contribution < -0.4 is 5.32 Å². The lowest BCUT2D eigenvalue weighted by Crippen LogP contribution is -2.57. The second-order valence-corrected chi connectivity index (χ2v) is 5.93. The Morgan fingerprint density at radius 1 is 1.39 bits per heavy atom. The molecule has 0 radical (unpaired) electrons. The molecule has 0 spiro atoms. The molecule has 0 saturated carbocycles. The van der Waals surface area contributed by atoms with E-state index in [9.17, 15) is 9.59 Å². The van der Waals surface area contributed by atoms with Gasteiger partial charge in [0.1, 0.15) is 6.04 Å². The first kappa shape index (κ1) is 14.7. The van der Waals surface area contributed by atoms with Crippen molar-refractivity contribution in [3.05, 3.63) is 0 Å². The molecule has 0 fully saturated rings. The van der Waals surface area contributed by atoms with Gasteiger partial charge >= 0.3 is 0 Å². The van der Waals surface area contributed by atoms with Gasteiger partial charge in [0.15, 0.2) is 0 Å². The maximum Gasteiger partial charge on any atom is 0.248 e. The first-order valence-corrected chi connectivity index (χ1v) is 6.35. The van der Waals surface area contributed by atoms with Crippen LogP contribution in [0, 0.1) is 5.92 Å². The van der Waals surface area contributed by atoms with E-state index in [2.05, 4.69) is 10.3 Å². The standard InChI is InChI=1S/C13H23N3O2/c1-9(2)12(18)16-7-6-14-8-10(16)11(17)15-13(3,4)5/h8-10H,6-7H2,1-5H3,(H,15,17). The summed E-state index contributed by atoms with van der Waals surface area (Å²) in [6, 6.07) is -0.576. The van der Waals surface area contributed by atoms with E-state index < -0.39 is 6.04 Å². The molecule has 0 aromatic heterocycles. The third-order valence-corrected chi connectivity index (χ3v) is 2.60. The number of aliphatic imine (C=N–C) groups is 1. The summed E-state index contributed by atoms with van der Waals surface area (Å²) in [4.78, 5) is 29.9. The minimum Gasteiger partial charge on any atom is -0.349 e. The quantitative estimate of drug-likeness (QED) is 0.792. The molecule has 1 atom stereocenters. The lowest BCUT2D eigenvalue weighted by atomic mass is 10.1. The third kappa shape index (κ3) is 3.82. The Bertz CT molecular complexity index is 356. The lowest BCUT2D eigenvalue weighted by molar-refractivity contribution is -0.141. The Labute approximate surface area is 109 Å². The molecule has 5 nitrogen and oxygen atoms in total. The average Bonchev–Trinajstić information content (AvgIpc) is 2.25. The van der Waals surface area contributed by atoms with E-state index in [0.29, 0.717) is 13.1 Å². The van der Waals surface area contributed by atoms with Crippen molar-refractivity contribution in [2.75, 3.05) is 13.1 Å². The molecule has 1 heterocycles. The van der Waals surface area contributed by atoms with Gasteiger partial charge in [0.25, 0.3) is 0 Å². The van der Waals surface area contributed by atoms with Crippen molar-refractivity contribution in [3.8, 4) is 0 Å². The molecule has 1 aliphatic heterocycles. The lowest BCUT2D eigenvalue weighted by Gasteiger charge is -2.34. The molecule has 18 heavy (non-hydrogen) atoms. The number of rotatable bonds is 2. The van der Waals surface area contributed by atoms with Crippen LogP contribution in [0.15, 0.2) is 4.99 Å². The topological polar surface area (TPSA) is 61.8 Å². The molecule has 1 N–H and O–H groups in total. The van der Waals surface area contributed by atoms with Gasteiger partial charge in [-0.25, -0.2) is 0 Å². The monoisotopic (exact) mass is 253 g/mol. The van der Waals surface area contributed by atoms with Crippen LogP contribution in [0.4, 0.5) is 0 Å². The highest BCUT2D eigenvalue weighted by atomic mass is 16.2. The van der Waals surface area contributed by atoms with Gasteiger partial charge in [-0.2, -0.15) is 0 Å². The minimum absolute atomic E-state index is 0.00444. The molecule has 0 aliphatic carbocycles. The van der Waals surface area contributed by atoms with Crippen molar-refractivity contribution < 1.29 is 9.59 Å². The Morgan fingerprint density at radius 3 is 2.50 bits per heavy atom. The zero-order valence-corrected chi connectivity index (χ0v) is 11.9. The molecule has 1 unspecified atom stereocenters. The van der Waals surface area contributed by atoms with Crippen LogP contribution in [0.25, 0.3) is 0 Å². The minimum atomic E-state index is -0.576. The van der Waals surface area contributed by atoms with Crippen molar-refractivity contribution in [2.24, 2.45) is 10.9 Å². The number of hydrogen-bond acceptors (Lipinski definition) is 3. The molecular formula is C13H23N3O2. The summed E-state index contributed by atoms with van der Waals surface area (Å²) < 4.78 is 0. The fourth-order valence-corrected chi connectivity index (χ4v) is 1.79. The van der Waals surface area contributed by atoms with Crippen molar-refractivity contribution in [3.63, 3.8) is 0 Å². The van der Waals surface area contributed by atoms with Gasteiger partial charge in [-0.15, -0.1) is 0 Å². The van der Waals surface area contributed by atoms with E-state index in [0.717, 1.165) is 0 Å². The highest BCUT2D eigenvalue weighted by molar-refractivity contribution is 6.01. The Balaban J connectivity index is 2.83. The van der Waals surface area contributed by atoms with Gasteiger partial charge in [-0.05, 0) is 20.8 Å². The Morgan fingerprint density at radius 2 is 2.00 bits per heavy atom. The fourth-order valence-electron chi connectivity index (χ4n) is 1.79. The van der Waals surface area contributed by atoms with E-state index in [1.807, 2.05) is 34.6 Å². The van der Waals surface area contributed by atoms with Crippen LogP contribution >= 0.6 is 0 Å². The molecule has 0 aromatic carbocycles. The van der Waals surface area contributed by atoms with Gasteiger partial charge in [0, 0.05) is 24.2 Å². The van der Waals surface area contributed by atoms with Crippen molar-refractivity contribution in [2.45, 2.75) is 46.2 Å². The molecule has 1 aliphatic rings. The number of nitrogens with one attached hydrogen (secondary N) is 1. The normalized spacial score (nSPS) is 20.1. The Hall–Kier alpha value is -1.39. The summed E-state index contributed by atoms with van der Waals surface area (Å²) in [5.41, 5.74) is -0.311. The summed E-state index contributed by atoms with van der Waals surface area (Å²) in [6.45, 7) is 10.5. The summed E-state index contributed by atoms with van der Waals surface area (Å²) in [6.07, 6.45) is 1.57. The van der Waals surface area contributed by atoms with Gasteiger partial charge in [0.2, 0.25) is 11.8 Å². The highest BCUT2D eigenvalue weighted by Crippen LogP contribution is 2.10. The van der Waals surface area contributed by atoms with E-state index in [-0.39, 0.29) is 23.3 Å². The van der Waals surface area contributed by atoms with Crippen LogP contribution in [0.2, 0.25) is 0 Å². The zero-order chi connectivity index (χ0) is 13.9. The number of nitrogens with zero attached hydrogens (tertiary/aromatic N) is 2. The number of hydrogen-bond donors (Lipinski definition) is 1. The molecule has 102 valence electrons. The Kier molecular flexibility index (Phi) is 4.48. The van der Waals surface area contributed by atoms with Gasteiger partial charge in [-0.3, -0.25) is 14.6 Å². The second kappa shape index (κ2) is 5.50. The van der Waals surface area contributed by atoms with Crippen molar-refractivity contribution >= 4 is 18.0 Å². The highest BCUT2D eigenvalue weighted by Gasteiger charge is 2.32. The van der Waals surface area contributed by atoms with Crippen LogP contribution in [0.3, 0.4) is 0 Å². The molecule has 2 amide bonds. The third-order valence-electron chi connectivity index (χ3n) is 2.60. The summed E-state index contributed by atoms with van der Waals surface area (Å²) in [5.74, 6) is -0.281. The predicted molar refractivity (Wildman–Crippen MR) is 71.6 cm³/mol. The SMILES string of the molecule is CC(C)C(=O)N1CCN=CC1C(=O)NC(C)(C)C. The van der Waals surface area contributed by atoms with Gasteiger partial charge in [-0.1, -0.05) is 13.8 Å². The van der Waals surface area contributed by atoms with Crippen LogP contribution in [0.5, 0.6) is 0 Å². The molecule has 0 aromatic rings. The zero-order valence-electron chi connectivity index (χ0n) is 11.9. The predicted octanol–water partition coefficient (Wildman–Crippen LogP) is 0.839. The van der Waals surface area contributed by atoms with E-state index >= 15 is 0 Å². The summed E-state index contributed by atoms with van der Waals surface area (Å²) in [7, 11) is 0. The maximum absolute atomic E-state index is 12.2. The summed E-state index contributed by atoms with van der Waals surface area (Å²) in [5, 5.41) is 2.89. The number of carbonyl (C=O) groups excluding carboxylic acids is 2. The number of carbonyl (C=O) groups is 2. The average molecular weight is 253 g/mol. The molecule has 0 saturated heterocycles. The van der Waals surface area contributed by atoms with Crippen LogP contribution in [-0.4, -0.2) is 47.6 Å². The van der Waals surface area contributed by atoms with E-state index in [1.54, 1.807) is 11.1 Å². The smallest absolute Gasteiger partial charge is 0.248 e. The molecule has 0 bridgehead atoms. The van der Waals surface area contributed by atoms with Crippen LogP contribution in [0.1, 0.15) is 34.6 Å². The fraction of sp³-hybridized carbons (Fsp3) is 0.769. The first-order chi connectivity index (χ1) is 8.22. The number of amides is 2. The molecule has 5 heteroatoms. The van der Waals surface area contributed by atoms with Crippen LogP contribution in [-0.2, 0) is 9.59 Å². The second-order valence-electron chi connectivity index (χ2n) is 5.93. The van der Waals surface area contributed by atoms with Crippen molar-refractivity contribution in [1.82, 2.24) is 10.2 Å². The maximum atomic E-state index is 12.2. The van der Waals surface area contributed by atoms with E-state index in [1.165, 1.54) is 0 Å². The molecule has 1 rings (SSSR count). The molecular weight excluding hydrogens is 230 g/mol. The first-order valence-electron chi connectivity index (χ1n) is 6.35. The van der Waals surface area contributed by atoms with Gasteiger partial charge in [0.05, 0.1) is 6.54 Å². The van der Waals surface area contributed by atoms with E-state index in [4.69, 9.17) is 0 Å². The van der Waals surface area contributed by atoms with Gasteiger partial charge < -0.3 is 10.2 Å². The largest absolute Gasteiger partial charge is 0.349 e.